The lowest BCUT2D eigenvalue weighted by Gasteiger charge is -2.22. The Hall–Kier alpha value is -0.860. The maximum absolute atomic E-state index is 11.6. The van der Waals surface area contributed by atoms with Crippen LogP contribution in [0.2, 0.25) is 0 Å². The number of hydrogen-bond donors (Lipinski definition) is 1. The number of ketones is 1. The molecule has 0 aromatic carbocycles. The van der Waals surface area contributed by atoms with Crippen molar-refractivity contribution in [1.82, 2.24) is 5.32 Å². The van der Waals surface area contributed by atoms with E-state index >= 15 is 0 Å². The fourth-order valence-corrected chi connectivity index (χ4v) is 2.17. The molecule has 0 aromatic rings. The maximum Gasteiger partial charge on any atom is 0.220 e. The van der Waals surface area contributed by atoms with Crippen molar-refractivity contribution in [3.05, 3.63) is 0 Å². The molecule has 0 atom stereocenters. The maximum atomic E-state index is 11.6. The Balaban J connectivity index is 2.08. The van der Waals surface area contributed by atoms with Gasteiger partial charge in [0.15, 0.2) is 0 Å². The molecule has 1 aliphatic carbocycles. The van der Waals surface area contributed by atoms with Crippen LogP contribution in [0.3, 0.4) is 0 Å². The van der Waals surface area contributed by atoms with Crippen LogP contribution in [0.5, 0.6) is 0 Å². The van der Waals surface area contributed by atoms with E-state index in [0.29, 0.717) is 31.7 Å². The van der Waals surface area contributed by atoms with Crippen molar-refractivity contribution in [3.63, 3.8) is 0 Å². The first-order valence-corrected chi connectivity index (χ1v) is 6.53. The molecule has 1 aliphatic rings. The van der Waals surface area contributed by atoms with Crippen LogP contribution in [0, 0.1) is 0 Å². The van der Waals surface area contributed by atoms with Crippen LogP contribution < -0.4 is 5.32 Å². The monoisotopic (exact) mass is 225 g/mol. The standard InChI is InChI=1S/C13H23NO2/c1-2-12(15)9-6-10-13(16)14-11-7-4-3-5-8-11/h11H,2-10H2,1H3,(H,14,16). The van der Waals surface area contributed by atoms with Gasteiger partial charge in [-0.2, -0.15) is 0 Å². The third-order valence-electron chi connectivity index (χ3n) is 3.22. The number of carbonyl (C=O) groups is 2. The smallest absolute Gasteiger partial charge is 0.220 e. The second-order valence-corrected chi connectivity index (χ2v) is 4.65. The van der Waals surface area contributed by atoms with Crippen LogP contribution in [-0.2, 0) is 9.59 Å². The summed E-state index contributed by atoms with van der Waals surface area (Å²) in [5.74, 6) is 0.376. The number of Topliss-reactive ketones (excluding diaryl/α,β-unsaturated/α-hetero) is 1. The van der Waals surface area contributed by atoms with E-state index in [1.165, 1.54) is 19.3 Å². The zero-order valence-electron chi connectivity index (χ0n) is 10.3. The van der Waals surface area contributed by atoms with Crippen LogP contribution in [0.1, 0.15) is 64.7 Å². The summed E-state index contributed by atoms with van der Waals surface area (Å²) in [7, 11) is 0. The number of amides is 1. The molecule has 3 heteroatoms. The molecule has 92 valence electrons. The minimum Gasteiger partial charge on any atom is -0.353 e. The van der Waals surface area contributed by atoms with Gasteiger partial charge in [-0.05, 0) is 19.3 Å². The van der Waals surface area contributed by atoms with Crippen LogP contribution >= 0.6 is 0 Å². The predicted molar refractivity (Wildman–Crippen MR) is 64.2 cm³/mol. The Morgan fingerprint density at radius 3 is 2.44 bits per heavy atom. The molecule has 1 saturated carbocycles. The van der Waals surface area contributed by atoms with E-state index in [1.807, 2.05) is 6.92 Å². The molecule has 0 aromatic heterocycles. The Bertz CT molecular complexity index is 232. The first-order chi connectivity index (χ1) is 7.72. The van der Waals surface area contributed by atoms with E-state index in [0.717, 1.165) is 12.8 Å². The molecule has 0 saturated heterocycles. The van der Waals surface area contributed by atoms with Crippen molar-refractivity contribution < 1.29 is 9.59 Å². The summed E-state index contributed by atoms with van der Waals surface area (Å²) in [6, 6.07) is 0.392. The minimum absolute atomic E-state index is 0.121. The van der Waals surface area contributed by atoms with E-state index < -0.39 is 0 Å². The molecule has 0 unspecified atom stereocenters. The molecule has 0 spiro atoms. The highest BCUT2D eigenvalue weighted by atomic mass is 16.1. The highest BCUT2D eigenvalue weighted by molar-refractivity contribution is 5.80. The van der Waals surface area contributed by atoms with E-state index in [-0.39, 0.29) is 11.7 Å². The van der Waals surface area contributed by atoms with Crippen molar-refractivity contribution in [2.24, 2.45) is 0 Å². The van der Waals surface area contributed by atoms with E-state index in [2.05, 4.69) is 5.32 Å². The summed E-state index contributed by atoms with van der Waals surface area (Å²) < 4.78 is 0. The second-order valence-electron chi connectivity index (χ2n) is 4.65. The molecule has 0 heterocycles. The molecule has 1 amide bonds. The van der Waals surface area contributed by atoms with Crippen molar-refractivity contribution in [2.75, 3.05) is 0 Å². The van der Waals surface area contributed by atoms with Gasteiger partial charge in [-0.3, -0.25) is 9.59 Å². The van der Waals surface area contributed by atoms with Crippen molar-refractivity contribution in [1.29, 1.82) is 0 Å². The van der Waals surface area contributed by atoms with E-state index in [9.17, 15) is 9.59 Å². The molecular formula is C13H23NO2. The third-order valence-corrected chi connectivity index (χ3v) is 3.22. The summed E-state index contributed by atoms with van der Waals surface area (Å²) in [5, 5.41) is 3.06. The second kappa shape index (κ2) is 7.42. The normalized spacial score (nSPS) is 17.1. The number of nitrogens with one attached hydrogen (secondary N) is 1. The first kappa shape index (κ1) is 13.2. The van der Waals surface area contributed by atoms with Gasteiger partial charge in [0.2, 0.25) is 5.91 Å². The Morgan fingerprint density at radius 1 is 1.12 bits per heavy atom. The van der Waals surface area contributed by atoms with Crippen molar-refractivity contribution in [3.8, 4) is 0 Å². The van der Waals surface area contributed by atoms with Crippen molar-refractivity contribution >= 4 is 11.7 Å². The lowest BCUT2D eigenvalue weighted by molar-refractivity contribution is -0.122. The molecule has 1 rings (SSSR count). The quantitative estimate of drug-likeness (QED) is 0.755. The Morgan fingerprint density at radius 2 is 1.81 bits per heavy atom. The predicted octanol–water partition coefficient (Wildman–Crippen LogP) is 2.58. The number of carbonyl (C=O) groups excluding carboxylic acids is 2. The van der Waals surface area contributed by atoms with Crippen LogP contribution in [-0.4, -0.2) is 17.7 Å². The Kier molecular flexibility index (Phi) is 6.12. The highest BCUT2D eigenvalue weighted by Gasteiger charge is 2.15. The van der Waals surface area contributed by atoms with Crippen LogP contribution in [0.15, 0.2) is 0 Å². The van der Waals surface area contributed by atoms with Gasteiger partial charge in [-0.25, -0.2) is 0 Å². The summed E-state index contributed by atoms with van der Waals surface area (Å²) in [6.07, 6.45) is 8.36. The third kappa shape index (κ3) is 5.29. The van der Waals surface area contributed by atoms with Gasteiger partial charge in [0.1, 0.15) is 5.78 Å². The number of rotatable bonds is 6. The van der Waals surface area contributed by atoms with Crippen LogP contribution in [0.4, 0.5) is 0 Å². The fourth-order valence-electron chi connectivity index (χ4n) is 2.17. The van der Waals surface area contributed by atoms with Crippen LogP contribution in [0.25, 0.3) is 0 Å². The minimum atomic E-state index is 0.121. The average molecular weight is 225 g/mol. The first-order valence-electron chi connectivity index (χ1n) is 6.53. The van der Waals surface area contributed by atoms with Gasteiger partial charge in [0.25, 0.3) is 0 Å². The van der Waals surface area contributed by atoms with Gasteiger partial charge in [-0.15, -0.1) is 0 Å². The molecule has 16 heavy (non-hydrogen) atoms. The average Bonchev–Trinajstić information content (AvgIpc) is 2.30. The van der Waals surface area contributed by atoms with Crippen molar-refractivity contribution in [2.45, 2.75) is 70.8 Å². The fraction of sp³-hybridized carbons (Fsp3) is 0.846. The lowest BCUT2D eigenvalue weighted by atomic mass is 9.95. The van der Waals surface area contributed by atoms with Gasteiger partial charge in [0.05, 0.1) is 0 Å². The molecule has 1 N–H and O–H groups in total. The molecule has 0 aliphatic heterocycles. The van der Waals surface area contributed by atoms with Gasteiger partial charge >= 0.3 is 0 Å². The molecule has 0 bridgehead atoms. The topological polar surface area (TPSA) is 46.2 Å². The molecule has 3 nitrogen and oxygen atoms in total. The Labute approximate surface area is 98.0 Å². The summed E-state index contributed by atoms with van der Waals surface area (Å²) in [6.45, 7) is 1.87. The summed E-state index contributed by atoms with van der Waals surface area (Å²) >= 11 is 0. The van der Waals surface area contributed by atoms with Gasteiger partial charge in [-0.1, -0.05) is 26.2 Å². The summed E-state index contributed by atoms with van der Waals surface area (Å²) in [5.41, 5.74) is 0. The molecule has 1 fully saturated rings. The van der Waals surface area contributed by atoms with E-state index in [1.54, 1.807) is 0 Å². The highest BCUT2D eigenvalue weighted by Crippen LogP contribution is 2.17. The van der Waals surface area contributed by atoms with Gasteiger partial charge < -0.3 is 5.32 Å². The number of hydrogen-bond acceptors (Lipinski definition) is 2. The zero-order chi connectivity index (χ0) is 11.8. The van der Waals surface area contributed by atoms with E-state index in [4.69, 9.17) is 0 Å². The molecule has 0 radical (unpaired) electrons. The lowest BCUT2D eigenvalue weighted by Crippen LogP contribution is -2.36. The van der Waals surface area contributed by atoms with Gasteiger partial charge in [0, 0.05) is 25.3 Å². The molecular weight excluding hydrogens is 202 g/mol. The summed E-state index contributed by atoms with van der Waals surface area (Å²) in [4.78, 5) is 22.6. The SMILES string of the molecule is CCC(=O)CCCC(=O)NC1CCCCC1. The largest absolute Gasteiger partial charge is 0.353 e. The zero-order valence-corrected chi connectivity index (χ0v) is 10.3.